The van der Waals surface area contributed by atoms with E-state index < -0.39 is 25.1 Å². The van der Waals surface area contributed by atoms with Crippen LogP contribution < -0.4 is 4.74 Å². The number of hydrogen-bond donors (Lipinski definition) is 1. The third-order valence-electron chi connectivity index (χ3n) is 2.06. The molecule has 1 rings (SSSR count). The lowest BCUT2D eigenvalue weighted by molar-refractivity contribution is -0.147. The summed E-state index contributed by atoms with van der Waals surface area (Å²) in [7, 11) is 1.29. The average Bonchev–Trinajstić information content (AvgIpc) is 2.28. The van der Waals surface area contributed by atoms with Crippen LogP contribution in [0.3, 0.4) is 0 Å². The van der Waals surface area contributed by atoms with Crippen molar-refractivity contribution in [2.24, 2.45) is 0 Å². The van der Waals surface area contributed by atoms with Gasteiger partial charge in [-0.3, -0.25) is 0 Å². The number of benzene rings is 1. The Morgan fingerprint density at radius 3 is 2.72 bits per heavy atom. The minimum Gasteiger partial charge on any atom is -0.496 e. The molecule has 0 aliphatic rings. The molecule has 0 atom stereocenters. The topological polar surface area (TPSA) is 55.8 Å². The van der Waals surface area contributed by atoms with Crippen LogP contribution in [-0.4, -0.2) is 31.4 Å². The number of alkyl halides is 2. The molecule has 0 bridgehead atoms. The predicted octanol–water partition coefficient (Wildman–Crippen LogP) is 2.49. The van der Waals surface area contributed by atoms with Crippen molar-refractivity contribution in [1.82, 2.24) is 0 Å². The van der Waals surface area contributed by atoms with Crippen molar-refractivity contribution in [3.63, 3.8) is 0 Å². The molecule has 0 amide bonds. The van der Waals surface area contributed by atoms with E-state index in [9.17, 15) is 13.6 Å². The van der Waals surface area contributed by atoms with Crippen LogP contribution in [0.5, 0.6) is 5.75 Å². The zero-order valence-electron chi connectivity index (χ0n) is 9.45. The summed E-state index contributed by atoms with van der Waals surface area (Å²) in [6.07, 6.45) is 0. The number of rotatable bonds is 6. The number of ether oxygens (including phenoxy) is 2. The predicted molar refractivity (Wildman–Crippen MR) is 68.1 cm³/mol. The normalized spacial score (nSPS) is 11.3. The second-order valence-corrected chi connectivity index (χ2v) is 4.68. The fraction of sp³-hybridized carbons (Fsp3) is 0.364. The van der Waals surface area contributed by atoms with Crippen molar-refractivity contribution in [1.29, 1.82) is 0 Å². The van der Waals surface area contributed by atoms with Gasteiger partial charge in [0.2, 0.25) is 0 Å². The van der Waals surface area contributed by atoms with Crippen LogP contribution in [0.2, 0.25) is 0 Å². The molecule has 0 aliphatic carbocycles. The Balaban J connectivity index is 2.88. The molecule has 0 radical (unpaired) electrons. The zero-order valence-corrected chi connectivity index (χ0v) is 11.6. The first-order chi connectivity index (χ1) is 8.36. The van der Waals surface area contributed by atoms with Crippen LogP contribution in [0, 0.1) is 3.57 Å². The number of halogens is 3. The van der Waals surface area contributed by atoms with Crippen LogP contribution >= 0.6 is 22.6 Å². The Hall–Kier alpha value is -0.960. The van der Waals surface area contributed by atoms with Crippen molar-refractivity contribution >= 4 is 28.6 Å². The Morgan fingerprint density at radius 1 is 1.50 bits per heavy atom. The Morgan fingerprint density at radius 2 is 2.17 bits per heavy atom. The number of carbonyl (C=O) groups is 1. The third kappa shape index (κ3) is 4.05. The van der Waals surface area contributed by atoms with Gasteiger partial charge in [0, 0.05) is 3.57 Å². The van der Waals surface area contributed by atoms with Gasteiger partial charge in [0.25, 0.3) is 5.92 Å². The molecule has 0 aromatic heterocycles. The molecule has 1 N–H and O–H groups in total. The summed E-state index contributed by atoms with van der Waals surface area (Å²) >= 11 is 1.90. The number of carboxylic acid groups (broad SMARTS) is 1. The highest BCUT2D eigenvalue weighted by molar-refractivity contribution is 14.1. The monoisotopic (exact) mass is 372 g/mol. The summed E-state index contributed by atoms with van der Waals surface area (Å²) < 4.78 is 37.6. The van der Waals surface area contributed by atoms with E-state index in [4.69, 9.17) is 9.84 Å². The van der Waals surface area contributed by atoms with Crippen LogP contribution in [-0.2, 0) is 15.5 Å². The second-order valence-electron chi connectivity index (χ2n) is 3.44. The number of methoxy groups -OCH3 is 1. The summed E-state index contributed by atoms with van der Waals surface area (Å²) in [5.74, 6) is -4.55. The van der Waals surface area contributed by atoms with Gasteiger partial charge in [0.05, 0.1) is 12.7 Å². The van der Waals surface area contributed by atoms with E-state index in [1.165, 1.54) is 19.2 Å². The summed E-state index contributed by atoms with van der Waals surface area (Å²) in [5, 5.41) is 8.33. The van der Waals surface area contributed by atoms with Gasteiger partial charge in [-0.15, -0.1) is 0 Å². The molecule has 1 aromatic carbocycles. The first kappa shape index (κ1) is 15.1. The largest absolute Gasteiger partial charge is 0.496 e. The molecule has 0 spiro atoms. The van der Waals surface area contributed by atoms with Crippen LogP contribution in [0.15, 0.2) is 18.2 Å². The Labute approximate surface area is 116 Å². The lowest BCUT2D eigenvalue weighted by Gasteiger charge is -2.19. The average molecular weight is 372 g/mol. The van der Waals surface area contributed by atoms with Crippen molar-refractivity contribution < 1.29 is 28.2 Å². The van der Waals surface area contributed by atoms with Crippen LogP contribution in [0.25, 0.3) is 0 Å². The van der Waals surface area contributed by atoms with Gasteiger partial charge < -0.3 is 14.6 Å². The summed E-state index contributed by atoms with van der Waals surface area (Å²) in [4.78, 5) is 10.2. The van der Waals surface area contributed by atoms with Gasteiger partial charge in [-0.1, -0.05) is 0 Å². The molecule has 4 nitrogen and oxygen atoms in total. The van der Waals surface area contributed by atoms with E-state index in [0.29, 0.717) is 3.57 Å². The molecule has 18 heavy (non-hydrogen) atoms. The molecule has 0 fully saturated rings. The van der Waals surface area contributed by atoms with Gasteiger partial charge in [-0.2, -0.15) is 8.78 Å². The highest BCUT2D eigenvalue weighted by atomic mass is 127. The number of aliphatic carboxylic acids is 1. The highest BCUT2D eigenvalue weighted by Gasteiger charge is 2.35. The first-order valence-electron chi connectivity index (χ1n) is 4.88. The first-order valence-corrected chi connectivity index (χ1v) is 5.96. The molecule has 7 heteroatoms. The molecule has 0 saturated carbocycles. The summed E-state index contributed by atoms with van der Waals surface area (Å²) in [5.41, 5.74) is -0.317. The van der Waals surface area contributed by atoms with Crippen molar-refractivity contribution in [3.8, 4) is 5.75 Å². The molecule has 0 saturated heterocycles. The standard InChI is InChI=1S/C11H11F2IO4/c1-17-9-3-2-7(14)4-8(9)11(12,13)6-18-5-10(15)16/h2-4H,5-6H2,1H3,(H,15,16). The molecule has 100 valence electrons. The van der Waals surface area contributed by atoms with E-state index in [0.717, 1.165) is 0 Å². The quantitative estimate of drug-likeness (QED) is 0.780. The van der Waals surface area contributed by atoms with Gasteiger partial charge in [0.1, 0.15) is 19.0 Å². The maximum Gasteiger partial charge on any atom is 0.329 e. The van der Waals surface area contributed by atoms with E-state index in [1.807, 2.05) is 22.6 Å². The fourth-order valence-corrected chi connectivity index (χ4v) is 1.80. The minimum atomic E-state index is -3.30. The summed E-state index contributed by atoms with van der Waals surface area (Å²) in [6, 6.07) is 4.35. The number of hydrogen-bond acceptors (Lipinski definition) is 3. The van der Waals surface area contributed by atoms with Crippen LogP contribution in [0.4, 0.5) is 8.78 Å². The summed E-state index contributed by atoms with van der Waals surface area (Å²) in [6.45, 7) is -1.77. The molecular weight excluding hydrogens is 361 g/mol. The maximum atomic E-state index is 13.8. The van der Waals surface area contributed by atoms with E-state index in [-0.39, 0.29) is 11.3 Å². The van der Waals surface area contributed by atoms with Gasteiger partial charge >= 0.3 is 5.97 Å². The van der Waals surface area contributed by atoms with E-state index in [2.05, 4.69) is 4.74 Å². The third-order valence-corrected chi connectivity index (χ3v) is 2.74. The molecule has 0 aliphatic heterocycles. The van der Waals surface area contributed by atoms with E-state index >= 15 is 0 Å². The lowest BCUT2D eigenvalue weighted by Crippen LogP contribution is -2.24. The molecule has 1 aromatic rings. The fourth-order valence-electron chi connectivity index (χ4n) is 1.31. The second kappa shape index (κ2) is 6.28. The molecule has 0 heterocycles. The molecule has 0 unspecified atom stereocenters. The van der Waals surface area contributed by atoms with Crippen LogP contribution in [0.1, 0.15) is 5.56 Å². The number of carboxylic acids is 1. The van der Waals surface area contributed by atoms with Crippen molar-refractivity contribution in [2.75, 3.05) is 20.3 Å². The Kier molecular flexibility index (Phi) is 5.27. The minimum absolute atomic E-state index is 0.0411. The smallest absolute Gasteiger partial charge is 0.329 e. The van der Waals surface area contributed by atoms with Gasteiger partial charge in [-0.05, 0) is 40.8 Å². The van der Waals surface area contributed by atoms with E-state index in [1.54, 1.807) is 6.07 Å². The SMILES string of the molecule is COc1ccc(I)cc1C(F)(F)COCC(=O)O. The van der Waals surface area contributed by atoms with Gasteiger partial charge in [0.15, 0.2) is 0 Å². The lowest BCUT2D eigenvalue weighted by atomic mass is 10.1. The maximum absolute atomic E-state index is 13.8. The molecular formula is C11H11F2IO4. The van der Waals surface area contributed by atoms with Gasteiger partial charge in [-0.25, -0.2) is 4.79 Å². The zero-order chi connectivity index (χ0) is 13.8. The van der Waals surface area contributed by atoms with Crippen molar-refractivity contribution in [3.05, 3.63) is 27.3 Å². The highest BCUT2D eigenvalue weighted by Crippen LogP contribution is 2.36. The van der Waals surface area contributed by atoms with Crippen molar-refractivity contribution in [2.45, 2.75) is 5.92 Å². The Bertz CT molecular complexity index is 437.